The van der Waals surface area contributed by atoms with Gasteiger partial charge in [-0.2, -0.15) is 0 Å². The van der Waals surface area contributed by atoms with Crippen molar-refractivity contribution in [3.05, 3.63) is 12.2 Å². The number of rotatable bonds is 31. The normalized spacial score (nSPS) is 14.3. The number of hydrogen-bond acceptors (Lipinski definition) is 6. The molecule has 1 N–H and O–H groups in total. The molecule has 0 heterocycles. The molecule has 2 atom stereocenters. The molecule has 0 aliphatic heterocycles. The maximum Gasteiger partial charge on any atom is 0.472 e. The average molecular weight is 621 g/mol. The number of carbonyl (C=O) groups is 1. The Morgan fingerprint density at radius 1 is 0.714 bits per heavy atom. The third-order valence-corrected chi connectivity index (χ3v) is 8.06. The first-order valence-corrected chi connectivity index (χ1v) is 18.4. The number of ether oxygens (including phenoxy) is 2. The van der Waals surface area contributed by atoms with E-state index >= 15 is 0 Å². The summed E-state index contributed by atoms with van der Waals surface area (Å²) in [6, 6.07) is 0. The minimum absolute atomic E-state index is 0.0894. The van der Waals surface area contributed by atoms with Crippen LogP contribution in [-0.4, -0.2) is 75.6 Å². The predicted molar refractivity (Wildman–Crippen MR) is 174 cm³/mol. The van der Waals surface area contributed by atoms with Crippen LogP contribution < -0.4 is 0 Å². The van der Waals surface area contributed by atoms with E-state index in [-0.39, 0.29) is 25.8 Å². The van der Waals surface area contributed by atoms with Crippen LogP contribution in [-0.2, 0) is 27.9 Å². The van der Waals surface area contributed by atoms with Crippen molar-refractivity contribution in [3.63, 3.8) is 0 Å². The Morgan fingerprint density at radius 3 is 1.83 bits per heavy atom. The Morgan fingerprint density at radius 2 is 1.24 bits per heavy atom. The van der Waals surface area contributed by atoms with Gasteiger partial charge in [-0.1, -0.05) is 103 Å². The van der Waals surface area contributed by atoms with Crippen LogP contribution in [0.5, 0.6) is 0 Å². The Balaban J connectivity index is 4.26. The van der Waals surface area contributed by atoms with Crippen LogP contribution in [0.2, 0.25) is 0 Å². The number of allylic oxidation sites excluding steroid dienone is 2. The molecule has 2 unspecified atom stereocenters. The summed E-state index contributed by atoms with van der Waals surface area (Å²) in [5.41, 5.74) is 0. The van der Waals surface area contributed by atoms with E-state index in [1.165, 1.54) is 83.5 Å². The van der Waals surface area contributed by atoms with Gasteiger partial charge in [0, 0.05) is 13.0 Å². The van der Waals surface area contributed by atoms with Gasteiger partial charge in [0.25, 0.3) is 0 Å². The fraction of sp³-hybridized carbons (Fsp3) is 0.909. The molecule has 0 aromatic carbocycles. The van der Waals surface area contributed by atoms with Gasteiger partial charge in [-0.25, -0.2) is 4.57 Å². The van der Waals surface area contributed by atoms with Crippen molar-refractivity contribution in [2.24, 2.45) is 0 Å². The lowest BCUT2D eigenvalue weighted by Crippen LogP contribution is -2.37. The lowest BCUT2D eigenvalue weighted by Gasteiger charge is -2.24. The van der Waals surface area contributed by atoms with E-state index in [4.69, 9.17) is 18.5 Å². The predicted octanol–water partition coefficient (Wildman–Crippen LogP) is 8.76. The lowest BCUT2D eigenvalue weighted by atomic mass is 10.1. The molecule has 0 aliphatic rings. The number of hydrogen-bond donors (Lipinski definition) is 1. The first kappa shape index (κ1) is 41.2. The highest BCUT2D eigenvalue weighted by molar-refractivity contribution is 7.47. The van der Waals surface area contributed by atoms with E-state index in [1.807, 2.05) is 21.1 Å². The number of unbranched alkanes of at least 4 members (excludes halogenated alkanes) is 15. The second-order valence-electron chi connectivity index (χ2n) is 12.5. The molecule has 250 valence electrons. The summed E-state index contributed by atoms with van der Waals surface area (Å²) in [4.78, 5) is 22.5. The number of likely N-dealkylation sites (N-methyl/N-ethyl adjacent to an activating group) is 1. The van der Waals surface area contributed by atoms with Gasteiger partial charge in [-0.3, -0.25) is 13.8 Å². The molecule has 42 heavy (non-hydrogen) atoms. The molecule has 0 bridgehead atoms. The van der Waals surface area contributed by atoms with Crippen molar-refractivity contribution in [1.29, 1.82) is 0 Å². The zero-order chi connectivity index (χ0) is 31.4. The van der Waals surface area contributed by atoms with Gasteiger partial charge in [-0.15, -0.1) is 0 Å². The Labute approximate surface area is 259 Å². The van der Waals surface area contributed by atoms with Crippen LogP contribution >= 0.6 is 7.82 Å². The van der Waals surface area contributed by atoms with Crippen LogP contribution in [0.25, 0.3) is 0 Å². The van der Waals surface area contributed by atoms with Crippen LogP contribution in [0.3, 0.4) is 0 Å². The highest BCUT2D eigenvalue weighted by Crippen LogP contribution is 2.43. The molecule has 0 aliphatic carbocycles. The minimum Gasteiger partial charge on any atom is -0.457 e. The summed E-state index contributed by atoms with van der Waals surface area (Å²) in [6.45, 7) is 5.52. The lowest BCUT2D eigenvalue weighted by molar-refractivity contribution is -0.870. The van der Waals surface area contributed by atoms with Gasteiger partial charge in [-0.05, 0) is 38.5 Å². The van der Waals surface area contributed by atoms with E-state index in [9.17, 15) is 14.3 Å². The molecule has 8 nitrogen and oxygen atoms in total. The smallest absolute Gasteiger partial charge is 0.457 e. The first-order chi connectivity index (χ1) is 20.1. The topological polar surface area (TPSA) is 91.3 Å². The quantitative estimate of drug-likeness (QED) is 0.0272. The highest BCUT2D eigenvalue weighted by Gasteiger charge is 2.26. The van der Waals surface area contributed by atoms with Gasteiger partial charge >= 0.3 is 13.8 Å². The molecular formula is C33H67NO7P+. The maximum atomic E-state index is 12.4. The van der Waals surface area contributed by atoms with Crippen LogP contribution in [0.15, 0.2) is 12.2 Å². The Bertz CT molecular complexity index is 696. The molecule has 0 radical (unpaired) electrons. The van der Waals surface area contributed by atoms with E-state index in [2.05, 4.69) is 26.0 Å². The molecule has 0 spiro atoms. The molecular weight excluding hydrogens is 553 g/mol. The van der Waals surface area contributed by atoms with E-state index in [0.717, 1.165) is 32.1 Å². The standard InChI is InChI=1S/C33H66NO7P/c1-6-8-10-12-14-15-16-17-18-19-20-21-23-25-28-38-30-32(41-33(35)26-24-22-13-11-9-7-2)31-40-42(36,37)39-29-27-34(3,4)5/h15-16,32H,6-14,17-31H2,1-5H3/p+1/b16-15-. The number of nitrogens with zero attached hydrogens (tertiary/aromatic N) is 1. The minimum atomic E-state index is -4.25. The summed E-state index contributed by atoms with van der Waals surface area (Å²) in [7, 11) is 1.66. The number of phosphoric acid groups is 1. The third kappa shape index (κ3) is 30.7. The van der Waals surface area contributed by atoms with Crippen LogP contribution in [0.1, 0.15) is 136 Å². The molecule has 0 fully saturated rings. The molecule has 9 heteroatoms. The van der Waals surface area contributed by atoms with Gasteiger partial charge < -0.3 is 18.9 Å². The summed E-state index contributed by atoms with van der Waals surface area (Å²) in [6.07, 6.45) is 25.4. The molecule has 0 aromatic rings. The molecule has 0 rings (SSSR count). The zero-order valence-electron chi connectivity index (χ0n) is 28.0. The molecule has 0 amide bonds. The van der Waals surface area contributed by atoms with Crippen molar-refractivity contribution in [2.75, 3.05) is 54.1 Å². The number of esters is 1. The summed E-state index contributed by atoms with van der Waals surface area (Å²) < 4.78 is 34.6. The Hall–Kier alpha value is -0.760. The van der Waals surface area contributed by atoms with Crippen molar-refractivity contribution >= 4 is 13.8 Å². The molecule has 0 aromatic heterocycles. The zero-order valence-corrected chi connectivity index (χ0v) is 28.9. The van der Waals surface area contributed by atoms with Gasteiger partial charge in [0.2, 0.25) is 0 Å². The monoisotopic (exact) mass is 620 g/mol. The summed E-state index contributed by atoms with van der Waals surface area (Å²) >= 11 is 0. The van der Waals surface area contributed by atoms with Crippen molar-refractivity contribution in [2.45, 2.75) is 142 Å². The van der Waals surface area contributed by atoms with Crippen LogP contribution in [0.4, 0.5) is 0 Å². The number of quaternary nitrogens is 1. The fourth-order valence-electron chi connectivity index (χ4n) is 4.37. The number of carbonyl (C=O) groups excluding carboxylic acids is 1. The third-order valence-electron chi connectivity index (χ3n) is 7.08. The largest absolute Gasteiger partial charge is 0.472 e. The SMILES string of the molecule is CCCCCC/C=C\CCCCCCCCOCC(COP(=O)(O)OCC[N+](C)(C)C)OC(=O)CCCCCCCC. The summed E-state index contributed by atoms with van der Waals surface area (Å²) in [5.74, 6) is -0.326. The average Bonchev–Trinajstić information content (AvgIpc) is 2.92. The second kappa shape index (κ2) is 27.8. The van der Waals surface area contributed by atoms with E-state index in [0.29, 0.717) is 24.1 Å². The first-order valence-electron chi connectivity index (χ1n) is 16.9. The second-order valence-corrected chi connectivity index (χ2v) is 14.0. The van der Waals surface area contributed by atoms with Crippen molar-refractivity contribution < 1.29 is 37.3 Å². The van der Waals surface area contributed by atoms with Crippen molar-refractivity contribution in [3.8, 4) is 0 Å². The van der Waals surface area contributed by atoms with Crippen LogP contribution in [0, 0.1) is 0 Å². The van der Waals surface area contributed by atoms with Gasteiger partial charge in [0.1, 0.15) is 19.3 Å². The van der Waals surface area contributed by atoms with Gasteiger partial charge in [0.15, 0.2) is 0 Å². The summed E-state index contributed by atoms with van der Waals surface area (Å²) in [5, 5.41) is 0. The molecule has 0 saturated heterocycles. The molecule has 0 saturated carbocycles. The Kier molecular flexibility index (Phi) is 27.3. The fourth-order valence-corrected chi connectivity index (χ4v) is 5.11. The number of phosphoric ester groups is 1. The van der Waals surface area contributed by atoms with E-state index < -0.39 is 13.9 Å². The maximum absolute atomic E-state index is 12.4. The van der Waals surface area contributed by atoms with Crippen molar-refractivity contribution in [1.82, 2.24) is 0 Å². The van der Waals surface area contributed by atoms with Gasteiger partial charge in [0.05, 0.1) is 34.4 Å². The van der Waals surface area contributed by atoms with E-state index in [1.54, 1.807) is 0 Å². The highest BCUT2D eigenvalue weighted by atomic mass is 31.2.